The third-order valence-corrected chi connectivity index (χ3v) is 2.02. The Morgan fingerprint density at radius 3 is 2.17 bits per heavy atom. The highest BCUT2D eigenvalue weighted by Crippen LogP contribution is 1.97. The summed E-state index contributed by atoms with van der Waals surface area (Å²) in [7, 11) is 0. The van der Waals surface area contributed by atoms with Crippen LogP contribution in [-0.2, 0) is 0 Å². The zero-order valence-corrected chi connectivity index (χ0v) is 8.52. The van der Waals surface area contributed by atoms with Gasteiger partial charge in [0.15, 0.2) is 0 Å². The van der Waals surface area contributed by atoms with E-state index in [-0.39, 0.29) is 6.04 Å². The standard InChI is InChI=1S/C8H22N4/c1-6(2)8(4)12-10-5-7(3)11-9/h6-8,10-12H,5,9H2,1-4H3. The SMILES string of the molecule is CC(CNNC(C)C(C)C)NN. The summed E-state index contributed by atoms with van der Waals surface area (Å²) in [5, 5.41) is 0. The van der Waals surface area contributed by atoms with E-state index in [2.05, 4.69) is 37.0 Å². The Morgan fingerprint density at radius 2 is 1.75 bits per heavy atom. The van der Waals surface area contributed by atoms with Gasteiger partial charge in [-0.15, -0.1) is 0 Å². The van der Waals surface area contributed by atoms with E-state index in [9.17, 15) is 0 Å². The van der Waals surface area contributed by atoms with Gasteiger partial charge in [-0.25, -0.2) is 0 Å². The molecule has 0 aromatic heterocycles. The van der Waals surface area contributed by atoms with Gasteiger partial charge in [-0.3, -0.25) is 22.1 Å². The van der Waals surface area contributed by atoms with Crippen molar-refractivity contribution in [2.24, 2.45) is 11.8 Å². The van der Waals surface area contributed by atoms with Crippen molar-refractivity contribution in [1.82, 2.24) is 16.3 Å². The topological polar surface area (TPSA) is 62.1 Å². The summed E-state index contributed by atoms with van der Waals surface area (Å²) in [5.41, 5.74) is 8.99. The first-order valence-electron chi connectivity index (χ1n) is 4.52. The molecule has 0 aromatic carbocycles. The summed E-state index contributed by atoms with van der Waals surface area (Å²) in [4.78, 5) is 0. The van der Waals surface area contributed by atoms with E-state index in [0.29, 0.717) is 12.0 Å². The van der Waals surface area contributed by atoms with Crippen LogP contribution in [0.3, 0.4) is 0 Å². The third-order valence-electron chi connectivity index (χ3n) is 2.02. The highest BCUT2D eigenvalue weighted by atomic mass is 15.4. The lowest BCUT2D eigenvalue weighted by Crippen LogP contribution is -2.48. The lowest BCUT2D eigenvalue weighted by atomic mass is 10.1. The van der Waals surface area contributed by atoms with Crippen molar-refractivity contribution in [3.63, 3.8) is 0 Å². The Kier molecular flexibility index (Phi) is 6.28. The smallest absolute Gasteiger partial charge is 0.0321 e. The minimum absolute atomic E-state index is 0.289. The van der Waals surface area contributed by atoms with Crippen molar-refractivity contribution in [2.45, 2.75) is 39.8 Å². The van der Waals surface area contributed by atoms with Gasteiger partial charge in [-0.2, -0.15) is 0 Å². The lowest BCUT2D eigenvalue weighted by molar-refractivity contribution is 0.355. The van der Waals surface area contributed by atoms with Crippen LogP contribution in [0.5, 0.6) is 0 Å². The molecular weight excluding hydrogens is 152 g/mol. The highest BCUT2D eigenvalue weighted by molar-refractivity contribution is 4.63. The van der Waals surface area contributed by atoms with E-state index in [1.165, 1.54) is 0 Å². The Hall–Kier alpha value is -0.160. The molecule has 4 heteroatoms. The molecule has 0 heterocycles. The summed E-state index contributed by atoms with van der Waals surface area (Å²) in [6, 6.07) is 0.770. The normalized spacial score (nSPS) is 16.5. The molecule has 0 aromatic rings. The van der Waals surface area contributed by atoms with Crippen LogP contribution in [0.1, 0.15) is 27.7 Å². The summed E-state index contributed by atoms with van der Waals surface area (Å²) in [6.45, 7) is 9.37. The lowest BCUT2D eigenvalue weighted by Gasteiger charge is -2.19. The minimum Gasteiger partial charge on any atom is -0.271 e. The fourth-order valence-electron chi connectivity index (χ4n) is 0.599. The molecule has 12 heavy (non-hydrogen) atoms. The van der Waals surface area contributed by atoms with Crippen molar-refractivity contribution in [3.05, 3.63) is 0 Å². The van der Waals surface area contributed by atoms with Crippen LogP contribution in [0.2, 0.25) is 0 Å². The van der Waals surface area contributed by atoms with Crippen molar-refractivity contribution in [3.8, 4) is 0 Å². The maximum absolute atomic E-state index is 5.23. The van der Waals surface area contributed by atoms with E-state index < -0.39 is 0 Å². The van der Waals surface area contributed by atoms with Gasteiger partial charge in [0.05, 0.1) is 0 Å². The number of nitrogens with two attached hydrogens (primary N) is 1. The second-order valence-corrected chi connectivity index (χ2v) is 3.63. The highest BCUT2D eigenvalue weighted by Gasteiger charge is 2.05. The van der Waals surface area contributed by atoms with Gasteiger partial charge >= 0.3 is 0 Å². The molecule has 0 amide bonds. The van der Waals surface area contributed by atoms with Crippen LogP contribution in [0.4, 0.5) is 0 Å². The molecule has 2 unspecified atom stereocenters. The molecule has 74 valence electrons. The van der Waals surface area contributed by atoms with Gasteiger partial charge in [-0.1, -0.05) is 13.8 Å². The predicted molar refractivity (Wildman–Crippen MR) is 52.2 cm³/mol. The molecule has 0 radical (unpaired) electrons. The summed E-state index contributed by atoms with van der Waals surface area (Å²) < 4.78 is 0. The maximum Gasteiger partial charge on any atom is 0.0321 e. The van der Waals surface area contributed by atoms with Crippen molar-refractivity contribution in [2.75, 3.05) is 6.54 Å². The molecule has 0 saturated heterocycles. The molecule has 0 rings (SSSR count). The molecule has 0 fully saturated rings. The second kappa shape index (κ2) is 6.37. The fourth-order valence-corrected chi connectivity index (χ4v) is 0.599. The van der Waals surface area contributed by atoms with Crippen LogP contribution >= 0.6 is 0 Å². The van der Waals surface area contributed by atoms with Crippen LogP contribution in [0.25, 0.3) is 0 Å². The minimum atomic E-state index is 0.289. The number of hydrogen-bond acceptors (Lipinski definition) is 4. The van der Waals surface area contributed by atoms with E-state index in [1.54, 1.807) is 0 Å². The first kappa shape index (κ1) is 11.8. The van der Waals surface area contributed by atoms with Gasteiger partial charge in [-0.05, 0) is 19.8 Å². The Balaban J connectivity index is 3.30. The van der Waals surface area contributed by atoms with Crippen LogP contribution in [0, 0.1) is 5.92 Å². The largest absolute Gasteiger partial charge is 0.271 e. The molecule has 4 nitrogen and oxygen atoms in total. The van der Waals surface area contributed by atoms with Crippen molar-refractivity contribution >= 4 is 0 Å². The second-order valence-electron chi connectivity index (χ2n) is 3.63. The monoisotopic (exact) mass is 174 g/mol. The van der Waals surface area contributed by atoms with Crippen LogP contribution < -0.4 is 22.1 Å². The molecular formula is C8H22N4. The zero-order valence-electron chi connectivity index (χ0n) is 8.52. The Labute approximate surface area is 75.2 Å². The molecule has 0 spiro atoms. The van der Waals surface area contributed by atoms with Gasteiger partial charge in [0, 0.05) is 18.6 Å². The number of rotatable bonds is 6. The van der Waals surface area contributed by atoms with Gasteiger partial charge in [0.2, 0.25) is 0 Å². The molecule has 0 aliphatic heterocycles. The Morgan fingerprint density at radius 1 is 1.17 bits per heavy atom. The molecule has 2 atom stereocenters. The Bertz CT molecular complexity index is 105. The molecule has 0 bridgehead atoms. The van der Waals surface area contributed by atoms with E-state index in [1.807, 2.05) is 6.92 Å². The van der Waals surface area contributed by atoms with E-state index in [0.717, 1.165) is 6.54 Å². The average molecular weight is 174 g/mol. The zero-order chi connectivity index (χ0) is 9.56. The van der Waals surface area contributed by atoms with E-state index in [4.69, 9.17) is 5.84 Å². The van der Waals surface area contributed by atoms with Gasteiger partial charge in [0.25, 0.3) is 0 Å². The molecule has 5 N–H and O–H groups in total. The molecule has 0 aliphatic carbocycles. The fraction of sp³-hybridized carbons (Fsp3) is 1.00. The summed E-state index contributed by atoms with van der Waals surface area (Å²) in [5.74, 6) is 5.87. The number of hydrazine groups is 2. The van der Waals surface area contributed by atoms with Gasteiger partial charge in [0.1, 0.15) is 0 Å². The molecule has 0 aliphatic rings. The first-order chi connectivity index (χ1) is 5.57. The third kappa shape index (κ3) is 5.49. The molecule has 0 saturated carbocycles. The van der Waals surface area contributed by atoms with Crippen molar-refractivity contribution < 1.29 is 0 Å². The summed E-state index contributed by atoms with van der Waals surface area (Å²) >= 11 is 0. The maximum atomic E-state index is 5.23. The van der Waals surface area contributed by atoms with Crippen LogP contribution in [-0.4, -0.2) is 18.6 Å². The summed E-state index contributed by atoms with van der Waals surface area (Å²) in [6.07, 6.45) is 0. The quantitative estimate of drug-likeness (QED) is 0.337. The van der Waals surface area contributed by atoms with E-state index >= 15 is 0 Å². The number of nitrogens with one attached hydrogen (secondary N) is 3. The number of hydrogen-bond donors (Lipinski definition) is 4. The average Bonchev–Trinajstić information content (AvgIpc) is 2.03. The van der Waals surface area contributed by atoms with Crippen LogP contribution in [0.15, 0.2) is 0 Å². The first-order valence-corrected chi connectivity index (χ1v) is 4.52. The van der Waals surface area contributed by atoms with Gasteiger partial charge < -0.3 is 0 Å². The van der Waals surface area contributed by atoms with Crippen molar-refractivity contribution in [1.29, 1.82) is 0 Å². The predicted octanol–water partition coefficient (Wildman–Crippen LogP) is -0.0231.